The smallest absolute Gasteiger partial charge is 0.208 e. The molecule has 0 radical (unpaired) electrons. The molecule has 0 unspecified atom stereocenters. The fourth-order valence-electron chi connectivity index (χ4n) is 1.21. The van der Waals surface area contributed by atoms with E-state index in [9.17, 15) is 4.79 Å². The molecule has 1 heterocycles. The van der Waals surface area contributed by atoms with Gasteiger partial charge in [0.15, 0.2) is 0 Å². The second kappa shape index (κ2) is 4.23. The molecule has 0 amide bonds. The van der Waals surface area contributed by atoms with Crippen molar-refractivity contribution in [3.05, 3.63) is 0 Å². The molecule has 6 heteroatoms. The summed E-state index contributed by atoms with van der Waals surface area (Å²) in [7, 11) is 0. The van der Waals surface area contributed by atoms with Crippen LogP contribution in [0.25, 0.3) is 0 Å². The van der Waals surface area contributed by atoms with Crippen molar-refractivity contribution in [1.29, 1.82) is 0 Å². The van der Waals surface area contributed by atoms with Gasteiger partial charge in [0.05, 0.1) is 0 Å². The van der Waals surface area contributed by atoms with Crippen LogP contribution < -0.4 is 0 Å². The third-order valence-corrected chi connectivity index (χ3v) is 3.28. The minimum atomic E-state index is -0.659. The number of ether oxygens (including phenoxy) is 1. The predicted molar refractivity (Wildman–Crippen MR) is 56.6 cm³/mol. The average Bonchev–Trinajstić information content (AvgIpc) is 2.05. The SMILES string of the molecule is O=C(S)C1(N(S)S)CCOCC1. The topological polar surface area (TPSA) is 29.5 Å². The van der Waals surface area contributed by atoms with E-state index in [-0.39, 0.29) is 5.12 Å². The van der Waals surface area contributed by atoms with Gasteiger partial charge in [-0.05, 0) is 12.8 Å². The Balaban J connectivity index is 2.77. The quantitative estimate of drug-likeness (QED) is 0.612. The van der Waals surface area contributed by atoms with Crippen LogP contribution in [0.1, 0.15) is 12.8 Å². The van der Waals surface area contributed by atoms with Crippen molar-refractivity contribution in [2.45, 2.75) is 18.4 Å². The van der Waals surface area contributed by atoms with Crippen molar-refractivity contribution < 1.29 is 9.53 Å². The Labute approximate surface area is 88.3 Å². The first-order chi connectivity index (χ1) is 5.59. The third kappa shape index (κ3) is 1.93. The minimum Gasteiger partial charge on any atom is -0.381 e. The first kappa shape index (κ1) is 10.7. The molecule has 0 atom stereocenters. The fourth-order valence-corrected chi connectivity index (χ4v) is 2.27. The molecule has 0 aromatic heterocycles. The van der Waals surface area contributed by atoms with Crippen molar-refractivity contribution in [3.63, 3.8) is 0 Å². The maximum atomic E-state index is 11.2. The molecule has 0 N–H and O–H groups in total. The van der Waals surface area contributed by atoms with Crippen LogP contribution in [0, 0.1) is 0 Å². The summed E-state index contributed by atoms with van der Waals surface area (Å²) in [5.41, 5.74) is -0.659. The monoisotopic (exact) mass is 225 g/mol. The molecule has 1 saturated heterocycles. The molecule has 0 saturated carbocycles. The van der Waals surface area contributed by atoms with Crippen LogP contribution in [0.5, 0.6) is 0 Å². The van der Waals surface area contributed by atoms with E-state index in [1.54, 1.807) is 0 Å². The molecule has 1 aliphatic rings. The Morgan fingerprint density at radius 1 is 1.33 bits per heavy atom. The molecule has 70 valence electrons. The number of hydrogen-bond acceptors (Lipinski definition) is 5. The maximum Gasteiger partial charge on any atom is 0.208 e. The fraction of sp³-hybridized carbons (Fsp3) is 0.833. The molecule has 0 aromatic carbocycles. The van der Waals surface area contributed by atoms with Crippen molar-refractivity contribution in [3.8, 4) is 0 Å². The van der Waals surface area contributed by atoms with Gasteiger partial charge in [0.2, 0.25) is 5.12 Å². The highest BCUT2D eigenvalue weighted by atomic mass is 32.2. The Bertz CT molecular complexity index is 180. The first-order valence-corrected chi connectivity index (χ1v) is 4.83. The number of rotatable bonds is 2. The number of carbonyl (C=O) groups excluding carboxylic acids is 1. The van der Waals surface area contributed by atoms with Gasteiger partial charge in [-0.25, -0.2) is 0 Å². The highest BCUT2D eigenvalue weighted by Crippen LogP contribution is 2.32. The summed E-state index contributed by atoms with van der Waals surface area (Å²) in [6.07, 6.45) is 1.20. The van der Waals surface area contributed by atoms with Crippen LogP contribution in [0.2, 0.25) is 0 Å². The highest BCUT2D eigenvalue weighted by Gasteiger charge is 2.41. The lowest BCUT2D eigenvalue weighted by Gasteiger charge is -2.37. The third-order valence-electron chi connectivity index (χ3n) is 2.10. The van der Waals surface area contributed by atoms with Crippen LogP contribution >= 0.6 is 38.3 Å². The van der Waals surface area contributed by atoms with Gasteiger partial charge in [0, 0.05) is 13.2 Å². The Morgan fingerprint density at radius 3 is 2.08 bits per heavy atom. The average molecular weight is 225 g/mol. The van der Waals surface area contributed by atoms with Gasteiger partial charge in [0.25, 0.3) is 0 Å². The Hall–Kier alpha value is 0.640. The van der Waals surface area contributed by atoms with E-state index in [1.165, 1.54) is 3.71 Å². The molecule has 1 aliphatic heterocycles. The summed E-state index contributed by atoms with van der Waals surface area (Å²) >= 11 is 11.9. The number of nitrogens with zero attached hydrogens (tertiary/aromatic N) is 1. The van der Waals surface area contributed by atoms with E-state index in [1.807, 2.05) is 0 Å². The summed E-state index contributed by atoms with van der Waals surface area (Å²) in [5.74, 6) is 0. The van der Waals surface area contributed by atoms with Crippen molar-refractivity contribution in [1.82, 2.24) is 3.71 Å². The molecule has 12 heavy (non-hydrogen) atoms. The summed E-state index contributed by atoms with van der Waals surface area (Å²) < 4.78 is 6.48. The zero-order chi connectivity index (χ0) is 9.19. The van der Waals surface area contributed by atoms with E-state index in [0.29, 0.717) is 26.1 Å². The van der Waals surface area contributed by atoms with Crippen LogP contribution in [-0.4, -0.2) is 27.6 Å². The summed E-state index contributed by atoms with van der Waals surface area (Å²) in [4.78, 5) is 11.2. The molecule has 0 aromatic rings. The van der Waals surface area contributed by atoms with Gasteiger partial charge in [-0.15, -0.1) is 12.6 Å². The second-order valence-corrected chi connectivity index (χ2v) is 4.26. The number of hydrogen-bond donors (Lipinski definition) is 3. The minimum absolute atomic E-state index is 0.198. The molecule has 0 bridgehead atoms. The van der Waals surface area contributed by atoms with Crippen molar-refractivity contribution >= 4 is 43.4 Å². The Kier molecular flexibility index (Phi) is 3.78. The van der Waals surface area contributed by atoms with E-state index in [4.69, 9.17) is 4.74 Å². The van der Waals surface area contributed by atoms with Gasteiger partial charge in [-0.2, -0.15) is 3.71 Å². The standard InChI is InChI=1S/C6H11NO2S3/c8-5(10)6(7(11)12)1-3-9-4-2-6/h11-12H,1-4H2,(H,8,10). The zero-order valence-corrected chi connectivity index (χ0v) is 9.12. The molecule has 1 fully saturated rings. The first-order valence-electron chi connectivity index (χ1n) is 3.59. The van der Waals surface area contributed by atoms with Gasteiger partial charge in [-0.1, -0.05) is 25.6 Å². The normalized spacial score (nSPS) is 22.7. The van der Waals surface area contributed by atoms with E-state index in [0.717, 1.165) is 0 Å². The molecular weight excluding hydrogens is 214 g/mol. The van der Waals surface area contributed by atoms with Gasteiger partial charge in [0.1, 0.15) is 5.54 Å². The van der Waals surface area contributed by atoms with Gasteiger partial charge in [-0.3, -0.25) is 4.79 Å². The van der Waals surface area contributed by atoms with Crippen LogP contribution in [0.3, 0.4) is 0 Å². The number of thiol groups is 3. The summed E-state index contributed by atoms with van der Waals surface area (Å²) in [5, 5.41) is -0.198. The van der Waals surface area contributed by atoms with E-state index < -0.39 is 5.54 Å². The van der Waals surface area contributed by atoms with Crippen molar-refractivity contribution in [2.75, 3.05) is 13.2 Å². The van der Waals surface area contributed by atoms with Crippen LogP contribution in [0.4, 0.5) is 0 Å². The predicted octanol–water partition coefficient (Wildman–Crippen LogP) is 0.984. The van der Waals surface area contributed by atoms with Gasteiger partial charge < -0.3 is 4.74 Å². The summed E-state index contributed by atoms with van der Waals surface area (Å²) in [6, 6.07) is 0. The second-order valence-electron chi connectivity index (χ2n) is 2.74. The van der Waals surface area contributed by atoms with Gasteiger partial charge >= 0.3 is 0 Å². The van der Waals surface area contributed by atoms with E-state index in [2.05, 4.69) is 38.3 Å². The number of carbonyl (C=O) groups is 1. The molecule has 0 aliphatic carbocycles. The largest absolute Gasteiger partial charge is 0.381 e. The molecule has 1 rings (SSSR count). The molecule has 0 spiro atoms. The van der Waals surface area contributed by atoms with E-state index >= 15 is 0 Å². The Morgan fingerprint density at radius 2 is 1.83 bits per heavy atom. The molecule has 3 nitrogen and oxygen atoms in total. The zero-order valence-electron chi connectivity index (χ0n) is 6.43. The maximum absolute atomic E-state index is 11.2. The lowest BCUT2D eigenvalue weighted by Crippen LogP contribution is -2.48. The lowest BCUT2D eigenvalue weighted by atomic mass is 9.93. The molecular formula is C6H11NO2S3. The van der Waals surface area contributed by atoms with Crippen LogP contribution in [-0.2, 0) is 9.53 Å². The van der Waals surface area contributed by atoms with Crippen LogP contribution in [0.15, 0.2) is 0 Å². The summed E-state index contributed by atoms with van der Waals surface area (Å²) in [6.45, 7) is 1.12. The highest BCUT2D eigenvalue weighted by molar-refractivity contribution is 7.97. The lowest BCUT2D eigenvalue weighted by molar-refractivity contribution is -0.121. The van der Waals surface area contributed by atoms with Crippen molar-refractivity contribution in [2.24, 2.45) is 0 Å².